The van der Waals surface area contributed by atoms with Crippen molar-refractivity contribution in [2.45, 2.75) is 13.0 Å². The predicted molar refractivity (Wildman–Crippen MR) is 74.9 cm³/mol. The van der Waals surface area contributed by atoms with E-state index in [1.54, 1.807) is 12.1 Å². The van der Waals surface area contributed by atoms with Crippen molar-refractivity contribution in [3.8, 4) is 5.75 Å². The van der Waals surface area contributed by atoms with E-state index in [0.29, 0.717) is 17.7 Å². The Labute approximate surface area is 121 Å². The molecule has 21 heavy (non-hydrogen) atoms. The molecule has 0 aliphatic heterocycles. The van der Waals surface area contributed by atoms with Crippen molar-refractivity contribution in [1.82, 2.24) is 0 Å². The second-order valence-electron chi connectivity index (χ2n) is 4.53. The number of carboxylic acid groups (broad SMARTS) is 1. The summed E-state index contributed by atoms with van der Waals surface area (Å²) in [5, 5.41) is 17.7. The fourth-order valence-corrected chi connectivity index (χ4v) is 1.87. The number of hydrogen-bond donors (Lipinski definition) is 2. The highest BCUT2D eigenvalue weighted by Crippen LogP contribution is 2.16. The van der Waals surface area contributed by atoms with Crippen molar-refractivity contribution in [3.63, 3.8) is 0 Å². The maximum absolute atomic E-state index is 13.3. The molecular weight excluding hydrogens is 275 g/mol. The number of carboxylic acids is 1. The first-order chi connectivity index (χ1) is 10.1. The normalized spacial score (nSPS) is 10.4. The van der Waals surface area contributed by atoms with Gasteiger partial charge in [-0.3, -0.25) is 0 Å². The minimum Gasteiger partial charge on any atom is -0.489 e. The van der Waals surface area contributed by atoms with Crippen molar-refractivity contribution in [3.05, 3.63) is 65.0 Å². The number of ether oxygens (including phenoxy) is 1. The van der Waals surface area contributed by atoms with Gasteiger partial charge in [0.15, 0.2) is 0 Å². The molecular formula is C16H15FO4. The molecule has 2 aromatic rings. The van der Waals surface area contributed by atoms with Gasteiger partial charge in [0.05, 0.1) is 5.56 Å². The van der Waals surface area contributed by atoms with Gasteiger partial charge in [-0.15, -0.1) is 0 Å². The number of hydrogen-bond acceptors (Lipinski definition) is 3. The Balaban J connectivity index is 2.02. The summed E-state index contributed by atoms with van der Waals surface area (Å²) in [4.78, 5) is 10.8. The van der Waals surface area contributed by atoms with Crippen LogP contribution in [0, 0.1) is 5.82 Å². The van der Waals surface area contributed by atoms with Crippen LogP contribution in [0.1, 0.15) is 21.5 Å². The van der Waals surface area contributed by atoms with Gasteiger partial charge in [-0.05, 0) is 41.8 Å². The van der Waals surface area contributed by atoms with Gasteiger partial charge in [-0.25, -0.2) is 9.18 Å². The van der Waals surface area contributed by atoms with E-state index >= 15 is 0 Å². The summed E-state index contributed by atoms with van der Waals surface area (Å²) in [7, 11) is 0. The molecule has 0 aliphatic carbocycles. The predicted octanol–water partition coefficient (Wildman–Crippen LogP) is 2.64. The number of aromatic carboxylic acids is 1. The fourth-order valence-electron chi connectivity index (χ4n) is 1.87. The SMILES string of the molecule is O=C(O)c1cc(COc2ccc(CCO)cc2)ccc1F. The molecule has 2 rings (SSSR count). The van der Waals surface area contributed by atoms with Gasteiger partial charge in [-0.1, -0.05) is 18.2 Å². The Morgan fingerprint density at radius 3 is 2.38 bits per heavy atom. The molecule has 0 aromatic heterocycles. The molecule has 5 heteroatoms. The highest BCUT2D eigenvalue weighted by Gasteiger charge is 2.10. The Hall–Kier alpha value is -2.40. The average molecular weight is 290 g/mol. The van der Waals surface area contributed by atoms with Gasteiger partial charge in [0.1, 0.15) is 18.2 Å². The highest BCUT2D eigenvalue weighted by atomic mass is 19.1. The second kappa shape index (κ2) is 6.85. The average Bonchev–Trinajstić information content (AvgIpc) is 2.48. The molecule has 0 atom stereocenters. The van der Waals surface area contributed by atoms with E-state index < -0.39 is 11.8 Å². The van der Waals surface area contributed by atoms with Gasteiger partial charge in [0.2, 0.25) is 0 Å². The van der Waals surface area contributed by atoms with Crippen molar-refractivity contribution in [1.29, 1.82) is 0 Å². The molecule has 110 valence electrons. The monoisotopic (exact) mass is 290 g/mol. The highest BCUT2D eigenvalue weighted by molar-refractivity contribution is 5.88. The first kappa shape index (κ1) is 15.0. The van der Waals surface area contributed by atoms with Crippen LogP contribution >= 0.6 is 0 Å². The molecule has 0 bridgehead atoms. The number of aliphatic hydroxyl groups excluding tert-OH is 1. The number of benzene rings is 2. The number of aliphatic hydroxyl groups is 1. The lowest BCUT2D eigenvalue weighted by molar-refractivity contribution is 0.0691. The van der Waals surface area contributed by atoms with E-state index in [1.807, 2.05) is 12.1 Å². The summed E-state index contributed by atoms with van der Waals surface area (Å²) in [5.74, 6) is -1.44. The summed E-state index contributed by atoms with van der Waals surface area (Å²) >= 11 is 0. The maximum atomic E-state index is 13.3. The van der Waals surface area contributed by atoms with Crippen molar-refractivity contribution in [2.24, 2.45) is 0 Å². The van der Waals surface area contributed by atoms with Crippen LogP contribution in [0.4, 0.5) is 4.39 Å². The first-order valence-corrected chi connectivity index (χ1v) is 6.44. The zero-order valence-corrected chi connectivity index (χ0v) is 11.3. The van der Waals surface area contributed by atoms with Crippen LogP contribution in [-0.2, 0) is 13.0 Å². The van der Waals surface area contributed by atoms with Crippen LogP contribution < -0.4 is 4.74 Å². The first-order valence-electron chi connectivity index (χ1n) is 6.44. The van der Waals surface area contributed by atoms with Crippen LogP contribution in [-0.4, -0.2) is 22.8 Å². The summed E-state index contributed by atoms with van der Waals surface area (Å²) < 4.78 is 18.8. The molecule has 0 spiro atoms. The van der Waals surface area contributed by atoms with Gasteiger partial charge in [-0.2, -0.15) is 0 Å². The van der Waals surface area contributed by atoms with E-state index in [1.165, 1.54) is 12.1 Å². The lowest BCUT2D eigenvalue weighted by Gasteiger charge is -2.08. The molecule has 0 saturated heterocycles. The molecule has 0 unspecified atom stereocenters. The zero-order valence-electron chi connectivity index (χ0n) is 11.3. The summed E-state index contributed by atoms with van der Waals surface area (Å²) in [6, 6.07) is 11.1. The standard InChI is InChI=1S/C16H15FO4/c17-15-6-3-12(9-14(15)16(19)20)10-21-13-4-1-11(2-5-13)7-8-18/h1-6,9,18H,7-8,10H2,(H,19,20). The smallest absolute Gasteiger partial charge is 0.338 e. The minimum atomic E-state index is -1.30. The third kappa shape index (κ3) is 4.03. The van der Waals surface area contributed by atoms with Crippen LogP contribution in [0.25, 0.3) is 0 Å². The van der Waals surface area contributed by atoms with Gasteiger partial charge in [0.25, 0.3) is 0 Å². The van der Waals surface area contributed by atoms with E-state index in [4.69, 9.17) is 14.9 Å². The molecule has 0 radical (unpaired) electrons. The lowest BCUT2D eigenvalue weighted by atomic mass is 10.1. The van der Waals surface area contributed by atoms with Gasteiger partial charge < -0.3 is 14.9 Å². The van der Waals surface area contributed by atoms with Gasteiger partial charge in [0, 0.05) is 6.61 Å². The van der Waals surface area contributed by atoms with E-state index in [9.17, 15) is 9.18 Å². The third-order valence-electron chi connectivity index (χ3n) is 2.99. The molecule has 4 nitrogen and oxygen atoms in total. The van der Waals surface area contributed by atoms with Crippen LogP contribution in [0.5, 0.6) is 5.75 Å². The largest absolute Gasteiger partial charge is 0.489 e. The molecule has 0 saturated carbocycles. The Morgan fingerprint density at radius 1 is 1.10 bits per heavy atom. The number of carbonyl (C=O) groups is 1. The van der Waals surface area contributed by atoms with Crippen LogP contribution in [0.3, 0.4) is 0 Å². The van der Waals surface area contributed by atoms with Crippen LogP contribution in [0.2, 0.25) is 0 Å². The number of rotatable bonds is 6. The summed E-state index contributed by atoms with van der Waals surface area (Å²) in [6.45, 7) is 0.244. The Kier molecular flexibility index (Phi) is 4.90. The summed E-state index contributed by atoms with van der Waals surface area (Å²) in [5.41, 5.74) is 1.21. The van der Waals surface area contributed by atoms with E-state index in [2.05, 4.69) is 0 Å². The molecule has 2 N–H and O–H groups in total. The van der Waals surface area contributed by atoms with Crippen LogP contribution in [0.15, 0.2) is 42.5 Å². The van der Waals surface area contributed by atoms with Crippen molar-refractivity contribution >= 4 is 5.97 Å². The van der Waals surface area contributed by atoms with Crippen molar-refractivity contribution < 1.29 is 24.1 Å². The molecule has 0 aliphatic rings. The summed E-state index contributed by atoms with van der Waals surface area (Å²) in [6.07, 6.45) is 0.584. The minimum absolute atomic E-state index is 0.0910. The second-order valence-corrected chi connectivity index (χ2v) is 4.53. The molecule has 0 heterocycles. The fraction of sp³-hybridized carbons (Fsp3) is 0.188. The lowest BCUT2D eigenvalue weighted by Crippen LogP contribution is -2.03. The number of halogens is 1. The van der Waals surface area contributed by atoms with Crippen molar-refractivity contribution in [2.75, 3.05) is 6.61 Å². The Morgan fingerprint density at radius 2 is 1.76 bits per heavy atom. The Bertz CT molecular complexity index is 623. The van der Waals surface area contributed by atoms with E-state index in [0.717, 1.165) is 11.6 Å². The van der Waals surface area contributed by atoms with E-state index in [-0.39, 0.29) is 18.8 Å². The zero-order chi connectivity index (χ0) is 15.2. The van der Waals surface area contributed by atoms with Gasteiger partial charge >= 0.3 is 5.97 Å². The quantitative estimate of drug-likeness (QED) is 0.858. The third-order valence-corrected chi connectivity index (χ3v) is 2.99. The maximum Gasteiger partial charge on any atom is 0.338 e. The molecule has 2 aromatic carbocycles. The molecule has 0 amide bonds. The topological polar surface area (TPSA) is 66.8 Å². The molecule has 0 fully saturated rings.